The zero-order chi connectivity index (χ0) is 20.8. The largest absolute Gasteiger partial charge is 0.480 e. The zero-order valence-corrected chi connectivity index (χ0v) is 17.6. The van der Waals surface area contributed by atoms with Gasteiger partial charge in [-0.1, -0.05) is 36.1 Å². The average molecular weight is 442 g/mol. The van der Waals surface area contributed by atoms with Crippen LogP contribution in [-0.4, -0.2) is 61.4 Å². The Balaban J connectivity index is 2.23. The van der Waals surface area contributed by atoms with Gasteiger partial charge in [0.15, 0.2) is 6.10 Å². The van der Waals surface area contributed by atoms with Crippen LogP contribution in [0.4, 0.5) is 0 Å². The Bertz CT molecular complexity index is 825. The van der Waals surface area contributed by atoms with Crippen LogP contribution in [0.3, 0.4) is 0 Å². The number of hydrogen-bond donors (Lipinski definition) is 2. The van der Waals surface area contributed by atoms with Gasteiger partial charge in [0.25, 0.3) is 5.91 Å². The van der Waals surface area contributed by atoms with Crippen molar-refractivity contribution in [2.75, 3.05) is 12.0 Å². The predicted octanol–water partition coefficient (Wildman–Crippen LogP) is 2.95. The third-order valence-electron chi connectivity index (χ3n) is 3.83. The summed E-state index contributed by atoms with van der Waals surface area (Å²) in [5, 5.41) is 18.4. The molecule has 1 aliphatic rings. The molecule has 28 heavy (non-hydrogen) atoms. The van der Waals surface area contributed by atoms with Crippen molar-refractivity contribution in [3.05, 3.63) is 34.7 Å². The summed E-state index contributed by atoms with van der Waals surface area (Å²) in [7, 11) is 0. The van der Waals surface area contributed by atoms with E-state index in [-0.39, 0.29) is 4.32 Å². The SMILES string of the molecule is CSCCC(C(=O)O)N1C(=O)/C(=C/c2cccc(OC(C)C(=O)O)c2)SC1=S. The Morgan fingerprint density at radius 1 is 1.36 bits per heavy atom. The molecule has 1 amide bonds. The number of carboxylic acids is 2. The van der Waals surface area contributed by atoms with Gasteiger partial charge in [0.1, 0.15) is 16.1 Å². The summed E-state index contributed by atoms with van der Waals surface area (Å²) in [5.41, 5.74) is 0.617. The van der Waals surface area contributed by atoms with Gasteiger partial charge in [-0.2, -0.15) is 11.8 Å². The number of amides is 1. The van der Waals surface area contributed by atoms with Crippen molar-refractivity contribution in [2.45, 2.75) is 25.5 Å². The molecular weight excluding hydrogens is 422 g/mol. The molecule has 0 radical (unpaired) electrons. The Hall–Kier alpha value is -2.04. The van der Waals surface area contributed by atoms with Gasteiger partial charge in [-0.3, -0.25) is 9.69 Å². The quantitative estimate of drug-likeness (QED) is 0.442. The lowest BCUT2D eigenvalue weighted by Gasteiger charge is -2.22. The zero-order valence-electron chi connectivity index (χ0n) is 15.2. The summed E-state index contributed by atoms with van der Waals surface area (Å²) >= 11 is 7.78. The Morgan fingerprint density at radius 2 is 2.07 bits per heavy atom. The van der Waals surface area contributed by atoms with Crippen LogP contribution in [0.25, 0.3) is 6.08 Å². The van der Waals surface area contributed by atoms with Gasteiger partial charge in [0.05, 0.1) is 4.91 Å². The molecule has 1 aromatic rings. The smallest absolute Gasteiger partial charge is 0.344 e. The molecule has 0 aliphatic carbocycles. The number of thiocarbonyl (C=S) groups is 1. The lowest BCUT2D eigenvalue weighted by Crippen LogP contribution is -2.44. The van der Waals surface area contributed by atoms with E-state index >= 15 is 0 Å². The van der Waals surface area contributed by atoms with Crippen LogP contribution in [0.15, 0.2) is 29.2 Å². The Kier molecular flexibility index (Phi) is 7.90. The highest BCUT2D eigenvalue weighted by Crippen LogP contribution is 2.35. The number of ether oxygens (including phenoxy) is 1. The van der Waals surface area contributed by atoms with E-state index in [0.717, 1.165) is 16.7 Å². The van der Waals surface area contributed by atoms with Crippen LogP contribution < -0.4 is 4.74 Å². The first-order valence-corrected chi connectivity index (χ1v) is 10.8. The van der Waals surface area contributed by atoms with Gasteiger partial charge in [0, 0.05) is 0 Å². The minimum absolute atomic E-state index is 0.205. The van der Waals surface area contributed by atoms with Crippen LogP contribution in [-0.2, 0) is 14.4 Å². The van der Waals surface area contributed by atoms with Crippen molar-refractivity contribution in [1.82, 2.24) is 4.90 Å². The maximum atomic E-state index is 12.8. The van der Waals surface area contributed by atoms with Gasteiger partial charge >= 0.3 is 11.9 Å². The van der Waals surface area contributed by atoms with E-state index in [9.17, 15) is 19.5 Å². The summed E-state index contributed by atoms with van der Waals surface area (Å²) in [6, 6.07) is 5.62. The average Bonchev–Trinajstić information content (AvgIpc) is 2.89. The summed E-state index contributed by atoms with van der Waals surface area (Å²) < 4.78 is 5.53. The third-order valence-corrected chi connectivity index (χ3v) is 5.81. The monoisotopic (exact) mass is 441 g/mol. The normalized spacial score (nSPS) is 17.6. The fourth-order valence-corrected chi connectivity index (χ4v) is 4.24. The Labute approximate surface area is 176 Å². The predicted molar refractivity (Wildman–Crippen MR) is 114 cm³/mol. The number of hydrogen-bond acceptors (Lipinski definition) is 7. The number of benzene rings is 1. The van der Waals surface area contributed by atoms with E-state index in [2.05, 4.69) is 0 Å². The summed E-state index contributed by atoms with van der Waals surface area (Å²) in [4.78, 5) is 36.7. The molecule has 2 rings (SSSR count). The van der Waals surface area contributed by atoms with Crippen molar-refractivity contribution in [3.8, 4) is 5.75 Å². The molecule has 1 aliphatic heterocycles. The number of carbonyl (C=O) groups excluding carboxylic acids is 1. The molecule has 150 valence electrons. The highest BCUT2D eigenvalue weighted by atomic mass is 32.2. The molecule has 0 saturated carbocycles. The van der Waals surface area contributed by atoms with E-state index < -0.39 is 30.0 Å². The molecule has 2 N–H and O–H groups in total. The van der Waals surface area contributed by atoms with Crippen molar-refractivity contribution in [3.63, 3.8) is 0 Å². The van der Waals surface area contributed by atoms with Gasteiger partial charge in [-0.05, 0) is 49.1 Å². The minimum Gasteiger partial charge on any atom is -0.480 e. The Morgan fingerprint density at radius 3 is 2.68 bits per heavy atom. The van der Waals surface area contributed by atoms with Crippen LogP contribution in [0, 0.1) is 0 Å². The van der Waals surface area contributed by atoms with Crippen molar-refractivity contribution in [1.29, 1.82) is 0 Å². The second-order valence-electron chi connectivity index (χ2n) is 5.86. The molecule has 0 bridgehead atoms. The lowest BCUT2D eigenvalue weighted by atomic mass is 10.1. The van der Waals surface area contributed by atoms with Gasteiger partial charge in [-0.25, -0.2) is 9.59 Å². The maximum absolute atomic E-state index is 12.8. The van der Waals surface area contributed by atoms with Gasteiger partial charge in [0.2, 0.25) is 0 Å². The van der Waals surface area contributed by atoms with E-state index in [0.29, 0.717) is 28.4 Å². The van der Waals surface area contributed by atoms with Gasteiger partial charge in [-0.15, -0.1) is 0 Å². The summed E-state index contributed by atoms with van der Waals surface area (Å²) in [6.45, 7) is 1.42. The highest BCUT2D eigenvalue weighted by Gasteiger charge is 2.40. The number of carbonyl (C=O) groups is 3. The number of rotatable bonds is 9. The fraction of sp³-hybridized carbons (Fsp3) is 0.333. The first kappa shape index (κ1) is 22.3. The van der Waals surface area contributed by atoms with Crippen LogP contribution in [0.2, 0.25) is 0 Å². The van der Waals surface area contributed by atoms with E-state index in [1.54, 1.807) is 30.3 Å². The van der Waals surface area contributed by atoms with Crippen LogP contribution in [0.5, 0.6) is 5.75 Å². The van der Waals surface area contributed by atoms with Crippen LogP contribution >= 0.6 is 35.7 Å². The second kappa shape index (κ2) is 9.94. The standard InChI is InChI=1S/C18H19NO6S3/c1-10(16(21)22)25-12-5-3-4-11(8-12)9-14-15(20)19(18(26)28-14)13(17(23)24)6-7-27-2/h3-5,8-10,13H,6-7H2,1-2H3,(H,21,22)(H,23,24)/b14-9-. The second-order valence-corrected chi connectivity index (χ2v) is 8.52. The first-order valence-electron chi connectivity index (χ1n) is 8.23. The fourth-order valence-electron chi connectivity index (χ4n) is 2.42. The number of thioether (sulfide) groups is 2. The molecule has 7 nitrogen and oxygen atoms in total. The van der Waals surface area contributed by atoms with E-state index in [1.807, 2.05) is 6.26 Å². The van der Waals surface area contributed by atoms with Gasteiger partial charge < -0.3 is 14.9 Å². The minimum atomic E-state index is -1.09. The third kappa shape index (κ3) is 5.49. The van der Waals surface area contributed by atoms with Crippen molar-refractivity contribution >= 4 is 64.0 Å². The number of nitrogens with zero attached hydrogens (tertiary/aromatic N) is 1. The molecule has 10 heteroatoms. The maximum Gasteiger partial charge on any atom is 0.344 e. The molecule has 1 saturated heterocycles. The highest BCUT2D eigenvalue weighted by molar-refractivity contribution is 8.26. The molecule has 1 aromatic carbocycles. The number of aliphatic carboxylic acids is 2. The molecule has 1 fully saturated rings. The van der Waals surface area contributed by atoms with Crippen LogP contribution in [0.1, 0.15) is 18.9 Å². The summed E-state index contributed by atoms with van der Waals surface area (Å²) in [6.07, 6.45) is 2.74. The summed E-state index contributed by atoms with van der Waals surface area (Å²) in [5.74, 6) is -1.69. The number of carboxylic acid groups (broad SMARTS) is 2. The lowest BCUT2D eigenvalue weighted by molar-refractivity contribution is -0.145. The first-order chi connectivity index (χ1) is 13.2. The van der Waals surface area contributed by atoms with E-state index in [4.69, 9.17) is 22.1 Å². The molecule has 2 atom stereocenters. The molecular formula is C18H19NO6S3. The van der Waals surface area contributed by atoms with E-state index in [1.165, 1.54) is 18.7 Å². The molecule has 1 heterocycles. The topological polar surface area (TPSA) is 104 Å². The molecule has 2 unspecified atom stereocenters. The van der Waals surface area contributed by atoms with Crippen molar-refractivity contribution < 1.29 is 29.3 Å². The molecule has 0 spiro atoms. The molecule has 0 aromatic heterocycles. The van der Waals surface area contributed by atoms with Crippen molar-refractivity contribution in [2.24, 2.45) is 0 Å².